The van der Waals surface area contributed by atoms with Crippen molar-refractivity contribution in [1.29, 1.82) is 0 Å². The molecule has 2 unspecified atom stereocenters. The third-order valence-electron chi connectivity index (χ3n) is 3.37. The number of nitrogens with zero attached hydrogens (tertiary/aromatic N) is 1. The standard InChI is InChI=1S/C17H22N2OS/c1-12-7-15(5-4-6-18)9-16(8-12)17(20)19-10-13(2)21-14(3)11-19/h7-9,13-14H,6,10-11,18H2,1-3H3. The lowest BCUT2D eigenvalue weighted by atomic mass is 10.1. The highest BCUT2D eigenvalue weighted by atomic mass is 32.2. The van der Waals surface area contributed by atoms with Gasteiger partial charge in [0.1, 0.15) is 0 Å². The van der Waals surface area contributed by atoms with Gasteiger partial charge in [-0.05, 0) is 30.7 Å². The van der Waals surface area contributed by atoms with Crippen molar-refractivity contribution in [3.8, 4) is 11.8 Å². The highest BCUT2D eigenvalue weighted by molar-refractivity contribution is 8.00. The summed E-state index contributed by atoms with van der Waals surface area (Å²) in [7, 11) is 0. The third-order valence-corrected chi connectivity index (χ3v) is 4.59. The molecule has 112 valence electrons. The molecule has 0 saturated carbocycles. The molecule has 2 rings (SSSR count). The van der Waals surface area contributed by atoms with Crippen LogP contribution in [0, 0.1) is 18.8 Å². The van der Waals surface area contributed by atoms with Crippen molar-refractivity contribution in [2.75, 3.05) is 19.6 Å². The first-order chi connectivity index (χ1) is 9.99. The second-order valence-corrected chi connectivity index (χ2v) is 7.44. The molecule has 0 aromatic heterocycles. The molecule has 4 heteroatoms. The lowest BCUT2D eigenvalue weighted by Crippen LogP contribution is -2.44. The summed E-state index contributed by atoms with van der Waals surface area (Å²) in [4.78, 5) is 14.7. The first-order valence-corrected chi connectivity index (χ1v) is 8.19. The molecule has 1 aromatic carbocycles. The lowest BCUT2D eigenvalue weighted by Gasteiger charge is -2.34. The molecule has 21 heavy (non-hydrogen) atoms. The van der Waals surface area contributed by atoms with Crippen LogP contribution in [0.25, 0.3) is 0 Å². The van der Waals surface area contributed by atoms with E-state index in [9.17, 15) is 4.79 Å². The molecule has 0 bridgehead atoms. The molecule has 1 aliphatic heterocycles. The van der Waals surface area contributed by atoms with Crippen LogP contribution >= 0.6 is 11.8 Å². The Labute approximate surface area is 131 Å². The van der Waals surface area contributed by atoms with Crippen LogP contribution in [0.1, 0.15) is 35.3 Å². The number of rotatable bonds is 1. The Morgan fingerprint density at radius 1 is 1.33 bits per heavy atom. The van der Waals surface area contributed by atoms with Gasteiger partial charge in [0.25, 0.3) is 5.91 Å². The van der Waals surface area contributed by atoms with E-state index in [0.717, 1.165) is 29.8 Å². The van der Waals surface area contributed by atoms with Crippen LogP contribution in [0.4, 0.5) is 0 Å². The third kappa shape index (κ3) is 4.26. The van der Waals surface area contributed by atoms with E-state index in [1.165, 1.54) is 0 Å². The van der Waals surface area contributed by atoms with E-state index in [0.29, 0.717) is 17.0 Å². The molecule has 1 heterocycles. The molecular formula is C17H22N2OS. The molecule has 1 amide bonds. The van der Waals surface area contributed by atoms with Crippen molar-refractivity contribution in [2.45, 2.75) is 31.3 Å². The zero-order valence-corrected chi connectivity index (χ0v) is 13.7. The number of carbonyl (C=O) groups excluding carboxylic acids is 1. The van der Waals surface area contributed by atoms with Gasteiger partial charge in [-0.15, -0.1) is 0 Å². The topological polar surface area (TPSA) is 46.3 Å². The Morgan fingerprint density at radius 3 is 2.62 bits per heavy atom. The van der Waals surface area contributed by atoms with E-state index in [4.69, 9.17) is 5.73 Å². The van der Waals surface area contributed by atoms with Crippen LogP contribution in [-0.2, 0) is 0 Å². The van der Waals surface area contributed by atoms with Gasteiger partial charge in [0.15, 0.2) is 0 Å². The van der Waals surface area contributed by atoms with Crippen LogP contribution in [0.3, 0.4) is 0 Å². The molecule has 1 saturated heterocycles. The SMILES string of the molecule is Cc1cc(C#CCN)cc(C(=O)N2CC(C)SC(C)C2)c1. The Bertz CT molecular complexity index is 578. The minimum Gasteiger partial charge on any atom is -0.336 e. The quantitative estimate of drug-likeness (QED) is 0.810. The second-order valence-electron chi connectivity index (χ2n) is 5.56. The van der Waals surface area contributed by atoms with Crippen LogP contribution < -0.4 is 5.73 Å². The number of hydrogen-bond acceptors (Lipinski definition) is 3. The lowest BCUT2D eigenvalue weighted by molar-refractivity contribution is 0.0753. The van der Waals surface area contributed by atoms with Gasteiger partial charge in [-0.2, -0.15) is 11.8 Å². The van der Waals surface area contributed by atoms with Crippen molar-refractivity contribution in [2.24, 2.45) is 5.73 Å². The smallest absolute Gasteiger partial charge is 0.253 e. The van der Waals surface area contributed by atoms with Gasteiger partial charge in [0.2, 0.25) is 0 Å². The van der Waals surface area contributed by atoms with E-state index >= 15 is 0 Å². The van der Waals surface area contributed by atoms with Gasteiger partial charge in [-0.1, -0.05) is 25.7 Å². The summed E-state index contributed by atoms with van der Waals surface area (Å²) in [5.41, 5.74) is 8.04. The predicted molar refractivity (Wildman–Crippen MR) is 89.5 cm³/mol. The summed E-state index contributed by atoms with van der Waals surface area (Å²) < 4.78 is 0. The summed E-state index contributed by atoms with van der Waals surface area (Å²) in [6.07, 6.45) is 0. The average Bonchev–Trinajstić information content (AvgIpc) is 2.42. The Hall–Kier alpha value is -1.44. The van der Waals surface area contributed by atoms with Crippen molar-refractivity contribution in [1.82, 2.24) is 4.90 Å². The summed E-state index contributed by atoms with van der Waals surface area (Å²) in [5, 5.41) is 0.970. The number of aryl methyl sites for hydroxylation is 1. The molecular weight excluding hydrogens is 280 g/mol. The molecule has 3 nitrogen and oxygen atoms in total. The van der Waals surface area contributed by atoms with Gasteiger partial charge in [-0.25, -0.2) is 0 Å². The van der Waals surface area contributed by atoms with Crippen molar-refractivity contribution < 1.29 is 4.79 Å². The van der Waals surface area contributed by atoms with Crippen molar-refractivity contribution in [3.05, 3.63) is 34.9 Å². The van der Waals surface area contributed by atoms with Crippen molar-refractivity contribution >= 4 is 17.7 Å². The number of thioether (sulfide) groups is 1. The summed E-state index contributed by atoms with van der Waals surface area (Å²) >= 11 is 1.94. The largest absolute Gasteiger partial charge is 0.336 e. The maximum atomic E-state index is 12.7. The molecule has 0 spiro atoms. The fourth-order valence-corrected chi connectivity index (χ4v) is 3.98. The number of amides is 1. The molecule has 0 radical (unpaired) electrons. The van der Waals surface area contributed by atoms with Gasteiger partial charge < -0.3 is 10.6 Å². The molecule has 1 fully saturated rings. The average molecular weight is 302 g/mol. The number of benzene rings is 1. The maximum Gasteiger partial charge on any atom is 0.253 e. The summed E-state index contributed by atoms with van der Waals surface area (Å²) in [6.45, 7) is 8.29. The van der Waals surface area contributed by atoms with Gasteiger partial charge >= 0.3 is 0 Å². The van der Waals surface area contributed by atoms with E-state index in [2.05, 4.69) is 25.7 Å². The van der Waals surface area contributed by atoms with E-state index in [1.807, 2.05) is 41.8 Å². The van der Waals surface area contributed by atoms with Crippen LogP contribution in [-0.4, -0.2) is 40.9 Å². The Kier molecular flexibility index (Phi) is 5.33. The summed E-state index contributed by atoms with van der Waals surface area (Å²) in [6, 6.07) is 5.79. The van der Waals surface area contributed by atoms with Crippen LogP contribution in [0.5, 0.6) is 0 Å². The first-order valence-electron chi connectivity index (χ1n) is 7.25. The zero-order valence-electron chi connectivity index (χ0n) is 12.8. The van der Waals surface area contributed by atoms with E-state index in [1.54, 1.807) is 0 Å². The fourth-order valence-electron chi connectivity index (χ4n) is 2.66. The monoisotopic (exact) mass is 302 g/mol. The van der Waals surface area contributed by atoms with Crippen molar-refractivity contribution in [3.63, 3.8) is 0 Å². The van der Waals surface area contributed by atoms with Gasteiger partial charge in [0.05, 0.1) is 6.54 Å². The first kappa shape index (κ1) is 15.9. The van der Waals surface area contributed by atoms with Gasteiger partial charge in [0, 0.05) is 34.7 Å². The molecule has 1 aromatic rings. The molecule has 2 N–H and O–H groups in total. The highest BCUT2D eigenvalue weighted by Gasteiger charge is 2.26. The number of nitrogens with two attached hydrogens (primary N) is 1. The normalized spacial score (nSPS) is 21.6. The fraction of sp³-hybridized carbons (Fsp3) is 0.471. The second kappa shape index (κ2) is 7.02. The zero-order chi connectivity index (χ0) is 15.4. The maximum absolute atomic E-state index is 12.7. The minimum atomic E-state index is 0.105. The predicted octanol–water partition coefficient (Wildman–Crippen LogP) is 2.27. The van der Waals surface area contributed by atoms with Gasteiger partial charge in [-0.3, -0.25) is 4.79 Å². The minimum absolute atomic E-state index is 0.105. The Morgan fingerprint density at radius 2 is 2.00 bits per heavy atom. The van der Waals surface area contributed by atoms with Crippen LogP contribution in [0.2, 0.25) is 0 Å². The molecule has 2 atom stereocenters. The van der Waals surface area contributed by atoms with Crippen LogP contribution in [0.15, 0.2) is 18.2 Å². The van der Waals surface area contributed by atoms with E-state index in [-0.39, 0.29) is 5.91 Å². The molecule has 1 aliphatic rings. The summed E-state index contributed by atoms with van der Waals surface area (Å²) in [5.74, 6) is 5.96. The number of hydrogen-bond donors (Lipinski definition) is 1. The molecule has 0 aliphatic carbocycles. The van der Waals surface area contributed by atoms with E-state index < -0.39 is 0 Å². The highest BCUT2D eigenvalue weighted by Crippen LogP contribution is 2.26. The number of carbonyl (C=O) groups is 1. The Balaban J connectivity index is 2.24.